The molecular formula is C11H16N2O3S. The van der Waals surface area contributed by atoms with Crippen molar-refractivity contribution >= 4 is 29.0 Å². The van der Waals surface area contributed by atoms with Crippen LogP contribution in [0.5, 0.6) is 0 Å². The topological polar surface area (TPSA) is 78.4 Å². The van der Waals surface area contributed by atoms with Crippen molar-refractivity contribution in [3.05, 3.63) is 16.8 Å². The van der Waals surface area contributed by atoms with Gasteiger partial charge in [-0.1, -0.05) is 13.3 Å². The lowest BCUT2D eigenvalue weighted by molar-refractivity contribution is -0.138. The summed E-state index contributed by atoms with van der Waals surface area (Å²) in [6, 6.07) is 1.51. The lowest BCUT2D eigenvalue weighted by Crippen LogP contribution is -2.33. The largest absolute Gasteiger partial charge is 0.481 e. The zero-order chi connectivity index (χ0) is 12.7. The number of hydrogen-bond donors (Lipinski definition) is 3. The van der Waals surface area contributed by atoms with Crippen LogP contribution in [0.2, 0.25) is 0 Å². The normalized spacial score (nSPS) is 11.8. The number of amides is 2. The Bertz CT molecular complexity index is 365. The average Bonchev–Trinajstić information content (AvgIpc) is 2.76. The van der Waals surface area contributed by atoms with Crippen LogP contribution in [0, 0.1) is 5.92 Å². The van der Waals surface area contributed by atoms with E-state index < -0.39 is 5.97 Å². The Morgan fingerprint density at radius 3 is 2.82 bits per heavy atom. The number of nitrogens with one attached hydrogen (secondary N) is 2. The maximum atomic E-state index is 11.5. The number of hydrogen-bond acceptors (Lipinski definition) is 3. The van der Waals surface area contributed by atoms with Gasteiger partial charge in [-0.25, -0.2) is 4.79 Å². The van der Waals surface area contributed by atoms with E-state index in [1.807, 2.05) is 17.7 Å². The van der Waals surface area contributed by atoms with Gasteiger partial charge in [0.05, 0.1) is 5.69 Å². The van der Waals surface area contributed by atoms with Gasteiger partial charge in [-0.15, -0.1) is 0 Å². The molecule has 0 aliphatic carbocycles. The standard InChI is InChI=1S/C11H16N2O3S/c1-2-8(5-10(14)15)6-12-11(16)13-9-3-4-17-7-9/h3-4,7-8H,2,5-6H2,1H3,(H,14,15)(H2,12,13,16). The van der Waals surface area contributed by atoms with E-state index >= 15 is 0 Å². The highest BCUT2D eigenvalue weighted by atomic mass is 32.1. The Hall–Kier alpha value is -1.56. The molecule has 1 rings (SSSR count). The van der Waals surface area contributed by atoms with E-state index in [0.29, 0.717) is 6.54 Å². The van der Waals surface area contributed by atoms with Crippen LogP contribution in [-0.2, 0) is 4.79 Å². The van der Waals surface area contributed by atoms with Crippen LogP contribution < -0.4 is 10.6 Å². The highest BCUT2D eigenvalue weighted by Crippen LogP contribution is 2.11. The number of carboxylic acids is 1. The van der Waals surface area contributed by atoms with Crippen molar-refractivity contribution in [1.82, 2.24) is 5.32 Å². The Morgan fingerprint density at radius 1 is 1.53 bits per heavy atom. The van der Waals surface area contributed by atoms with E-state index in [1.54, 1.807) is 6.07 Å². The molecule has 3 N–H and O–H groups in total. The molecule has 0 aromatic carbocycles. The molecule has 0 saturated carbocycles. The zero-order valence-electron chi connectivity index (χ0n) is 9.60. The van der Waals surface area contributed by atoms with E-state index in [4.69, 9.17) is 5.11 Å². The molecule has 0 aliphatic heterocycles. The number of carboxylic acid groups (broad SMARTS) is 1. The number of carbonyl (C=O) groups excluding carboxylic acids is 1. The SMILES string of the molecule is CCC(CNC(=O)Nc1ccsc1)CC(=O)O. The van der Waals surface area contributed by atoms with Crippen molar-refractivity contribution in [3.63, 3.8) is 0 Å². The molecule has 1 atom stereocenters. The summed E-state index contributed by atoms with van der Waals surface area (Å²) in [6.45, 7) is 2.28. The lowest BCUT2D eigenvalue weighted by atomic mass is 10.0. The van der Waals surface area contributed by atoms with Crippen LogP contribution >= 0.6 is 11.3 Å². The van der Waals surface area contributed by atoms with Crippen LogP contribution in [0.3, 0.4) is 0 Å². The molecule has 6 heteroatoms. The molecule has 0 fully saturated rings. The van der Waals surface area contributed by atoms with Crippen molar-refractivity contribution in [2.45, 2.75) is 19.8 Å². The van der Waals surface area contributed by atoms with Gasteiger partial charge in [-0.3, -0.25) is 4.79 Å². The summed E-state index contributed by atoms with van der Waals surface area (Å²) in [6.07, 6.45) is 0.806. The third kappa shape index (κ3) is 5.35. The molecule has 94 valence electrons. The zero-order valence-corrected chi connectivity index (χ0v) is 10.4. The molecule has 1 unspecified atom stereocenters. The molecule has 0 aliphatic rings. The van der Waals surface area contributed by atoms with E-state index in [1.165, 1.54) is 11.3 Å². The number of carbonyl (C=O) groups is 2. The fourth-order valence-corrected chi connectivity index (χ4v) is 1.94. The summed E-state index contributed by atoms with van der Waals surface area (Å²) in [5, 5.41) is 17.7. The first kappa shape index (κ1) is 13.5. The van der Waals surface area contributed by atoms with Gasteiger partial charge >= 0.3 is 12.0 Å². The first-order valence-electron chi connectivity index (χ1n) is 5.40. The smallest absolute Gasteiger partial charge is 0.319 e. The van der Waals surface area contributed by atoms with Gasteiger partial charge in [0.25, 0.3) is 0 Å². The number of aliphatic carboxylic acids is 1. The van der Waals surface area contributed by atoms with Crippen LogP contribution in [0.15, 0.2) is 16.8 Å². The lowest BCUT2D eigenvalue weighted by Gasteiger charge is -2.13. The molecule has 0 radical (unpaired) electrons. The molecular weight excluding hydrogens is 240 g/mol. The molecule has 1 aromatic rings. The number of anilines is 1. The second-order valence-electron chi connectivity index (χ2n) is 3.72. The molecule has 0 bridgehead atoms. The van der Waals surface area contributed by atoms with Gasteiger partial charge in [0.2, 0.25) is 0 Å². The van der Waals surface area contributed by atoms with Gasteiger partial charge in [-0.05, 0) is 17.4 Å². The summed E-state index contributed by atoms with van der Waals surface area (Å²) in [7, 11) is 0. The summed E-state index contributed by atoms with van der Waals surface area (Å²) in [5.74, 6) is -0.863. The minimum atomic E-state index is -0.836. The maximum absolute atomic E-state index is 11.5. The van der Waals surface area contributed by atoms with Crippen molar-refractivity contribution < 1.29 is 14.7 Å². The third-order valence-corrected chi connectivity index (χ3v) is 3.05. The number of rotatable bonds is 6. The van der Waals surface area contributed by atoms with Crippen LogP contribution in [-0.4, -0.2) is 23.7 Å². The van der Waals surface area contributed by atoms with E-state index in [9.17, 15) is 9.59 Å². The maximum Gasteiger partial charge on any atom is 0.319 e. The summed E-state index contributed by atoms with van der Waals surface area (Å²) >= 11 is 1.50. The quantitative estimate of drug-likeness (QED) is 0.731. The summed E-state index contributed by atoms with van der Waals surface area (Å²) in [5.41, 5.74) is 0.749. The third-order valence-electron chi connectivity index (χ3n) is 2.37. The van der Waals surface area contributed by atoms with E-state index in [2.05, 4.69) is 10.6 Å². The van der Waals surface area contributed by atoms with Gasteiger partial charge in [-0.2, -0.15) is 11.3 Å². The van der Waals surface area contributed by atoms with E-state index in [-0.39, 0.29) is 18.4 Å². The van der Waals surface area contributed by atoms with Crippen molar-refractivity contribution in [3.8, 4) is 0 Å². The van der Waals surface area contributed by atoms with Gasteiger partial charge in [0.1, 0.15) is 0 Å². The van der Waals surface area contributed by atoms with Crippen molar-refractivity contribution in [1.29, 1.82) is 0 Å². The van der Waals surface area contributed by atoms with Gasteiger partial charge in [0, 0.05) is 18.3 Å². The Kier molecular flexibility index (Phi) is 5.48. The van der Waals surface area contributed by atoms with Crippen molar-refractivity contribution in [2.24, 2.45) is 5.92 Å². The van der Waals surface area contributed by atoms with Gasteiger partial charge < -0.3 is 15.7 Å². The number of urea groups is 1. The predicted molar refractivity (Wildman–Crippen MR) is 67.4 cm³/mol. The summed E-state index contributed by atoms with van der Waals surface area (Å²) < 4.78 is 0. The monoisotopic (exact) mass is 256 g/mol. The number of thiophene rings is 1. The summed E-state index contributed by atoms with van der Waals surface area (Å²) in [4.78, 5) is 22.0. The first-order valence-corrected chi connectivity index (χ1v) is 6.35. The molecule has 5 nitrogen and oxygen atoms in total. The second kappa shape index (κ2) is 6.90. The van der Waals surface area contributed by atoms with Crippen LogP contribution in [0.1, 0.15) is 19.8 Å². The molecule has 0 spiro atoms. The Morgan fingerprint density at radius 2 is 2.29 bits per heavy atom. The molecule has 0 saturated heterocycles. The Balaban J connectivity index is 2.29. The van der Waals surface area contributed by atoms with E-state index in [0.717, 1.165) is 12.1 Å². The van der Waals surface area contributed by atoms with Crippen molar-refractivity contribution in [2.75, 3.05) is 11.9 Å². The second-order valence-corrected chi connectivity index (χ2v) is 4.50. The minimum absolute atomic E-state index is 0.0271. The first-order chi connectivity index (χ1) is 8.11. The van der Waals surface area contributed by atoms with Crippen LogP contribution in [0.4, 0.5) is 10.5 Å². The highest BCUT2D eigenvalue weighted by Gasteiger charge is 2.12. The van der Waals surface area contributed by atoms with Crippen LogP contribution in [0.25, 0.3) is 0 Å². The molecule has 1 heterocycles. The molecule has 1 aromatic heterocycles. The predicted octanol–water partition coefficient (Wildman–Crippen LogP) is 2.37. The minimum Gasteiger partial charge on any atom is -0.481 e. The fraction of sp³-hybridized carbons (Fsp3) is 0.455. The van der Waals surface area contributed by atoms with Gasteiger partial charge in [0.15, 0.2) is 0 Å². The average molecular weight is 256 g/mol. The fourth-order valence-electron chi connectivity index (χ4n) is 1.36. The Labute approximate surface area is 104 Å². The highest BCUT2D eigenvalue weighted by molar-refractivity contribution is 7.08. The molecule has 17 heavy (non-hydrogen) atoms. The molecule has 2 amide bonds.